The molecule has 24 heavy (non-hydrogen) atoms. The van der Waals surface area contributed by atoms with Crippen LogP contribution >= 0.6 is 11.3 Å². The second kappa shape index (κ2) is 6.20. The van der Waals surface area contributed by atoms with Crippen LogP contribution in [0.4, 0.5) is 5.82 Å². The van der Waals surface area contributed by atoms with Crippen molar-refractivity contribution < 1.29 is 4.79 Å². The average Bonchev–Trinajstić information content (AvgIpc) is 3.13. The maximum absolute atomic E-state index is 12.2. The van der Waals surface area contributed by atoms with E-state index in [1.165, 1.54) is 0 Å². The van der Waals surface area contributed by atoms with Gasteiger partial charge in [-0.05, 0) is 51.3 Å². The SMILES string of the molecule is CC(Nc1ccc2nnc(-c3ccsc3)n2n1)C(=O)NC(C)(C)C. The van der Waals surface area contributed by atoms with Gasteiger partial charge in [0.25, 0.3) is 0 Å². The quantitative estimate of drug-likeness (QED) is 0.760. The van der Waals surface area contributed by atoms with Gasteiger partial charge < -0.3 is 10.6 Å². The van der Waals surface area contributed by atoms with E-state index in [0.29, 0.717) is 17.3 Å². The van der Waals surface area contributed by atoms with Gasteiger partial charge in [-0.15, -0.1) is 15.3 Å². The molecule has 1 unspecified atom stereocenters. The fourth-order valence-electron chi connectivity index (χ4n) is 2.20. The van der Waals surface area contributed by atoms with E-state index < -0.39 is 6.04 Å². The maximum atomic E-state index is 12.2. The topological polar surface area (TPSA) is 84.2 Å². The molecular formula is C16H20N6OS. The minimum Gasteiger partial charge on any atom is -0.357 e. The monoisotopic (exact) mass is 344 g/mol. The first-order valence-corrected chi connectivity index (χ1v) is 8.61. The maximum Gasteiger partial charge on any atom is 0.242 e. The lowest BCUT2D eigenvalue weighted by atomic mass is 10.1. The molecule has 7 nitrogen and oxygen atoms in total. The first kappa shape index (κ1) is 16.4. The van der Waals surface area contributed by atoms with E-state index in [9.17, 15) is 4.79 Å². The minimum absolute atomic E-state index is 0.0776. The highest BCUT2D eigenvalue weighted by Crippen LogP contribution is 2.21. The summed E-state index contributed by atoms with van der Waals surface area (Å²) in [6.45, 7) is 7.66. The third-order valence-corrected chi connectivity index (χ3v) is 3.98. The molecule has 3 rings (SSSR count). The van der Waals surface area contributed by atoms with Gasteiger partial charge in [0, 0.05) is 16.5 Å². The fraction of sp³-hybridized carbons (Fsp3) is 0.375. The minimum atomic E-state index is -0.407. The predicted molar refractivity (Wildman–Crippen MR) is 95.1 cm³/mol. The van der Waals surface area contributed by atoms with Crippen LogP contribution in [0.5, 0.6) is 0 Å². The Hall–Kier alpha value is -2.48. The van der Waals surface area contributed by atoms with Crippen LogP contribution in [0.1, 0.15) is 27.7 Å². The molecule has 3 aromatic rings. The summed E-state index contributed by atoms with van der Waals surface area (Å²) in [5.41, 5.74) is 1.36. The van der Waals surface area contributed by atoms with Crippen molar-refractivity contribution >= 4 is 28.7 Å². The molecule has 1 amide bonds. The second-order valence-electron chi connectivity index (χ2n) is 6.63. The van der Waals surface area contributed by atoms with Gasteiger partial charge in [0.05, 0.1) is 0 Å². The summed E-state index contributed by atoms with van der Waals surface area (Å²) < 4.78 is 1.68. The number of fused-ring (bicyclic) bond motifs is 1. The Kier molecular flexibility index (Phi) is 4.23. The summed E-state index contributed by atoms with van der Waals surface area (Å²) in [6, 6.07) is 5.19. The Balaban J connectivity index is 1.83. The van der Waals surface area contributed by atoms with Crippen LogP contribution in [-0.2, 0) is 4.79 Å². The first-order valence-electron chi connectivity index (χ1n) is 7.67. The van der Waals surface area contributed by atoms with E-state index in [1.807, 2.05) is 43.7 Å². The molecule has 1 atom stereocenters. The lowest BCUT2D eigenvalue weighted by Crippen LogP contribution is -2.47. The summed E-state index contributed by atoms with van der Waals surface area (Å²) in [6.07, 6.45) is 0. The molecular weight excluding hydrogens is 324 g/mol. The first-order chi connectivity index (χ1) is 11.3. The van der Waals surface area contributed by atoms with E-state index in [2.05, 4.69) is 25.9 Å². The third-order valence-electron chi connectivity index (χ3n) is 3.30. The van der Waals surface area contributed by atoms with Gasteiger partial charge in [-0.3, -0.25) is 4.79 Å². The van der Waals surface area contributed by atoms with Gasteiger partial charge >= 0.3 is 0 Å². The number of carbonyl (C=O) groups excluding carboxylic acids is 1. The molecule has 0 aliphatic rings. The van der Waals surface area contributed by atoms with E-state index in [0.717, 1.165) is 5.56 Å². The number of anilines is 1. The molecule has 0 aliphatic carbocycles. The smallest absolute Gasteiger partial charge is 0.242 e. The van der Waals surface area contributed by atoms with Crippen LogP contribution in [0.3, 0.4) is 0 Å². The molecule has 0 aromatic carbocycles. The third kappa shape index (κ3) is 3.53. The van der Waals surface area contributed by atoms with Crippen molar-refractivity contribution in [2.24, 2.45) is 0 Å². The summed E-state index contributed by atoms with van der Waals surface area (Å²) in [5, 5.41) is 22.9. The average molecular weight is 344 g/mol. The number of rotatable bonds is 4. The highest BCUT2D eigenvalue weighted by atomic mass is 32.1. The lowest BCUT2D eigenvalue weighted by molar-refractivity contribution is -0.122. The standard InChI is InChI=1S/C16H20N6OS/c1-10(15(23)18-16(2,3)4)17-12-5-6-13-19-20-14(22(13)21-12)11-7-8-24-9-11/h5-10H,1-4H3,(H,17,21)(H,18,23). The molecule has 0 radical (unpaired) electrons. The Morgan fingerprint density at radius 3 is 2.71 bits per heavy atom. The molecule has 0 spiro atoms. The molecule has 0 saturated carbocycles. The molecule has 3 aromatic heterocycles. The van der Waals surface area contributed by atoms with Crippen LogP contribution in [0.2, 0.25) is 0 Å². The molecule has 0 fully saturated rings. The summed E-state index contributed by atoms with van der Waals surface area (Å²) in [7, 11) is 0. The van der Waals surface area contributed by atoms with Crippen molar-refractivity contribution in [1.29, 1.82) is 0 Å². The van der Waals surface area contributed by atoms with Crippen LogP contribution < -0.4 is 10.6 Å². The molecule has 126 valence electrons. The zero-order chi connectivity index (χ0) is 17.3. The number of amides is 1. The number of carbonyl (C=O) groups is 1. The fourth-order valence-corrected chi connectivity index (χ4v) is 2.84. The van der Waals surface area contributed by atoms with Crippen LogP contribution in [0.25, 0.3) is 17.0 Å². The van der Waals surface area contributed by atoms with E-state index in [-0.39, 0.29) is 11.4 Å². The van der Waals surface area contributed by atoms with Crippen molar-refractivity contribution in [3.05, 3.63) is 29.0 Å². The Morgan fingerprint density at radius 2 is 2.04 bits per heavy atom. The molecule has 8 heteroatoms. The Morgan fingerprint density at radius 1 is 1.25 bits per heavy atom. The van der Waals surface area contributed by atoms with Crippen LogP contribution in [0, 0.1) is 0 Å². The highest BCUT2D eigenvalue weighted by molar-refractivity contribution is 7.08. The normalized spacial score (nSPS) is 13.0. The summed E-state index contributed by atoms with van der Waals surface area (Å²) in [5.74, 6) is 1.20. The molecule has 0 aliphatic heterocycles. The van der Waals surface area contributed by atoms with Crippen molar-refractivity contribution in [3.8, 4) is 11.4 Å². The van der Waals surface area contributed by atoms with Gasteiger partial charge in [-0.2, -0.15) is 15.9 Å². The zero-order valence-corrected chi connectivity index (χ0v) is 14.9. The summed E-state index contributed by atoms with van der Waals surface area (Å²) in [4.78, 5) is 12.2. The Labute approximate surface area is 144 Å². The predicted octanol–water partition coefficient (Wildman–Crippen LogP) is 2.57. The second-order valence-corrected chi connectivity index (χ2v) is 7.41. The van der Waals surface area contributed by atoms with Crippen molar-refractivity contribution in [3.63, 3.8) is 0 Å². The highest BCUT2D eigenvalue weighted by Gasteiger charge is 2.20. The zero-order valence-electron chi connectivity index (χ0n) is 14.1. The number of nitrogens with one attached hydrogen (secondary N) is 2. The van der Waals surface area contributed by atoms with Gasteiger partial charge in [0.15, 0.2) is 11.5 Å². The largest absolute Gasteiger partial charge is 0.357 e. The van der Waals surface area contributed by atoms with Crippen molar-refractivity contribution in [2.45, 2.75) is 39.3 Å². The summed E-state index contributed by atoms with van der Waals surface area (Å²) >= 11 is 1.59. The number of hydrogen-bond acceptors (Lipinski definition) is 6. The van der Waals surface area contributed by atoms with E-state index in [1.54, 1.807) is 28.8 Å². The van der Waals surface area contributed by atoms with E-state index in [4.69, 9.17) is 0 Å². The number of aromatic nitrogens is 4. The van der Waals surface area contributed by atoms with Gasteiger partial charge in [-0.25, -0.2) is 0 Å². The molecule has 2 N–H and O–H groups in total. The number of nitrogens with zero attached hydrogens (tertiary/aromatic N) is 4. The van der Waals surface area contributed by atoms with Crippen molar-refractivity contribution in [2.75, 3.05) is 5.32 Å². The number of thiophene rings is 1. The van der Waals surface area contributed by atoms with E-state index >= 15 is 0 Å². The Bertz CT molecular complexity index is 849. The van der Waals surface area contributed by atoms with Gasteiger partial charge in [0.2, 0.25) is 5.91 Å². The van der Waals surface area contributed by atoms with Crippen molar-refractivity contribution in [1.82, 2.24) is 25.1 Å². The van der Waals surface area contributed by atoms with Crippen LogP contribution in [0.15, 0.2) is 29.0 Å². The number of hydrogen-bond donors (Lipinski definition) is 2. The van der Waals surface area contributed by atoms with Gasteiger partial charge in [-0.1, -0.05) is 0 Å². The van der Waals surface area contributed by atoms with Gasteiger partial charge in [0.1, 0.15) is 11.9 Å². The van der Waals surface area contributed by atoms with Crippen LogP contribution in [-0.4, -0.2) is 37.3 Å². The molecule has 0 bridgehead atoms. The lowest BCUT2D eigenvalue weighted by Gasteiger charge is -2.23. The molecule has 3 heterocycles. The molecule has 0 saturated heterocycles.